The molecule has 0 amide bonds. The van der Waals surface area contributed by atoms with Gasteiger partial charge in [-0.3, -0.25) is 4.57 Å². The Morgan fingerprint density at radius 2 is 1.56 bits per heavy atom. The van der Waals surface area contributed by atoms with E-state index in [1.807, 2.05) is 66.9 Å². The fourth-order valence-corrected chi connectivity index (χ4v) is 3.17. The van der Waals surface area contributed by atoms with Crippen molar-refractivity contribution in [2.45, 2.75) is 31.2 Å². The smallest absolute Gasteiger partial charge is 0.196 e. The number of aliphatic carboxylic acids is 1. The molecule has 0 radical (unpaired) electrons. The number of carboxylic acid groups (broad SMARTS) is 1. The van der Waals surface area contributed by atoms with Crippen LogP contribution in [-0.4, -0.2) is 26.0 Å². The molecule has 5 nitrogen and oxygen atoms in total. The Morgan fingerprint density at radius 1 is 1.00 bits per heavy atom. The fourth-order valence-electron chi connectivity index (χ4n) is 2.37. The highest BCUT2D eigenvalue weighted by atomic mass is 32.2. The molecule has 3 rings (SSSR count). The van der Waals surface area contributed by atoms with Gasteiger partial charge < -0.3 is 9.90 Å². The number of carboxylic acids is 1. The standard InChI is InChI=1S/C19H19N3O2S/c1-12-4-8-15(9-5-12)17-20-21-19(25-14(3)18(23)24)22(17)16-10-6-13(2)7-11-16/h4-11,14H,1-3H3,(H,23,24)/p-1/t14-/m0/s1. The summed E-state index contributed by atoms with van der Waals surface area (Å²) < 4.78 is 1.88. The summed E-state index contributed by atoms with van der Waals surface area (Å²) in [4.78, 5) is 11.1. The molecule has 1 aromatic heterocycles. The molecule has 6 heteroatoms. The highest BCUT2D eigenvalue weighted by molar-refractivity contribution is 8.00. The molecule has 1 atom stereocenters. The lowest BCUT2D eigenvalue weighted by Gasteiger charge is -2.14. The topological polar surface area (TPSA) is 70.8 Å². The van der Waals surface area contributed by atoms with Crippen molar-refractivity contribution in [3.8, 4) is 17.1 Å². The molecule has 2 aromatic carbocycles. The molecule has 0 aliphatic carbocycles. The molecule has 1 heterocycles. The molecule has 0 N–H and O–H groups in total. The molecule has 0 saturated carbocycles. The molecule has 0 unspecified atom stereocenters. The van der Waals surface area contributed by atoms with Crippen molar-refractivity contribution >= 4 is 17.7 Å². The van der Waals surface area contributed by atoms with Crippen LogP contribution in [0.5, 0.6) is 0 Å². The highest BCUT2D eigenvalue weighted by Crippen LogP contribution is 2.30. The predicted octanol–water partition coefficient (Wildman–Crippen LogP) is 2.78. The van der Waals surface area contributed by atoms with Gasteiger partial charge in [0.2, 0.25) is 0 Å². The van der Waals surface area contributed by atoms with E-state index in [-0.39, 0.29) is 0 Å². The van der Waals surface area contributed by atoms with E-state index in [1.54, 1.807) is 6.92 Å². The van der Waals surface area contributed by atoms with Gasteiger partial charge in [0, 0.05) is 16.5 Å². The predicted molar refractivity (Wildman–Crippen MR) is 96.6 cm³/mol. The zero-order valence-corrected chi connectivity index (χ0v) is 15.1. The zero-order valence-electron chi connectivity index (χ0n) is 14.3. The molecule has 3 aromatic rings. The van der Waals surface area contributed by atoms with Crippen molar-refractivity contribution in [2.75, 3.05) is 0 Å². The van der Waals surface area contributed by atoms with E-state index in [0.717, 1.165) is 34.1 Å². The van der Waals surface area contributed by atoms with Crippen LogP contribution in [-0.2, 0) is 4.79 Å². The minimum Gasteiger partial charge on any atom is -0.549 e. The Bertz CT molecular complexity index is 886. The summed E-state index contributed by atoms with van der Waals surface area (Å²) >= 11 is 1.12. The summed E-state index contributed by atoms with van der Waals surface area (Å²) in [7, 11) is 0. The Kier molecular flexibility index (Phi) is 4.90. The largest absolute Gasteiger partial charge is 0.549 e. The molecule has 0 saturated heterocycles. The molecule has 0 aliphatic heterocycles. The zero-order chi connectivity index (χ0) is 18.0. The monoisotopic (exact) mass is 352 g/mol. The van der Waals surface area contributed by atoms with Crippen molar-refractivity contribution in [3.05, 3.63) is 59.7 Å². The lowest BCUT2D eigenvalue weighted by Crippen LogP contribution is -2.31. The first-order valence-electron chi connectivity index (χ1n) is 7.92. The van der Waals surface area contributed by atoms with Gasteiger partial charge in [0.25, 0.3) is 0 Å². The van der Waals surface area contributed by atoms with Crippen LogP contribution in [0.3, 0.4) is 0 Å². The van der Waals surface area contributed by atoms with E-state index in [0.29, 0.717) is 11.0 Å². The van der Waals surface area contributed by atoms with Gasteiger partial charge in [-0.1, -0.05) is 59.3 Å². The summed E-state index contributed by atoms with van der Waals surface area (Å²) in [5, 5.41) is 19.4. The first kappa shape index (κ1) is 17.2. The van der Waals surface area contributed by atoms with Crippen molar-refractivity contribution < 1.29 is 9.90 Å². The first-order valence-corrected chi connectivity index (χ1v) is 8.80. The molecular weight excluding hydrogens is 334 g/mol. The molecule has 0 spiro atoms. The first-order chi connectivity index (χ1) is 12.0. The second-order valence-electron chi connectivity index (χ2n) is 5.92. The minimum absolute atomic E-state index is 0.524. The Hall–Kier alpha value is -2.60. The van der Waals surface area contributed by atoms with E-state index in [4.69, 9.17) is 0 Å². The number of rotatable bonds is 5. The van der Waals surface area contributed by atoms with Gasteiger partial charge in [-0.05, 0) is 32.9 Å². The van der Waals surface area contributed by atoms with Crippen LogP contribution in [0.15, 0.2) is 53.7 Å². The molecule has 0 fully saturated rings. The third kappa shape index (κ3) is 3.74. The van der Waals surface area contributed by atoms with Gasteiger partial charge in [-0.15, -0.1) is 10.2 Å². The van der Waals surface area contributed by atoms with Gasteiger partial charge >= 0.3 is 0 Å². The van der Waals surface area contributed by atoms with E-state index < -0.39 is 11.2 Å². The summed E-state index contributed by atoms with van der Waals surface area (Å²) in [6.07, 6.45) is 0. The summed E-state index contributed by atoms with van der Waals surface area (Å²) in [6, 6.07) is 16.0. The number of aryl methyl sites for hydroxylation is 2. The Balaban J connectivity index is 2.12. The number of aromatic nitrogens is 3. The van der Waals surface area contributed by atoms with Crippen LogP contribution in [0.4, 0.5) is 0 Å². The van der Waals surface area contributed by atoms with Crippen LogP contribution in [0.25, 0.3) is 17.1 Å². The van der Waals surface area contributed by atoms with Crippen molar-refractivity contribution in [1.29, 1.82) is 0 Å². The second kappa shape index (κ2) is 7.11. The minimum atomic E-state index is -1.12. The number of carbonyl (C=O) groups excluding carboxylic acids is 1. The maximum absolute atomic E-state index is 11.1. The average molecular weight is 352 g/mol. The maximum Gasteiger partial charge on any atom is 0.196 e. The second-order valence-corrected chi connectivity index (χ2v) is 7.23. The number of thioether (sulfide) groups is 1. The number of benzene rings is 2. The highest BCUT2D eigenvalue weighted by Gasteiger charge is 2.18. The van der Waals surface area contributed by atoms with E-state index in [9.17, 15) is 9.90 Å². The molecular formula is C19H18N3O2S-. The van der Waals surface area contributed by atoms with Gasteiger partial charge in [0.15, 0.2) is 11.0 Å². The molecule has 0 bridgehead atoms. The number of carbonyl (C=O) groups is 1. The SMILES string of the molecule is Cc1ccc(-c2nnc(S[C@@H](C)C(=O)[O-])n2-c2ccc(C)cc2)cc1. The van der Waals surface area contributed by atoms with E-state index in [2.05, 4.69) is 10.2 Å². The average Bonchev–Trinajstić information content (AvgIpc) is 2.99. The molecule has 0 aliphatic rings. The van der Waals surface area contributed by atoms with Gasteiger partial charge in [-0.2, -0.15) is 0 Å². The molecule has 128 valence electrons. The third-order valence-corrected chi connectivity index (χ3v) is 4.87. The van der Waals surface area contributed by atoms with Crippen LogP contribution in [0.2, 0.25) is 0 Å². The number of hydrogen-bond donors (Lipinski definition) is 0. The lowest BCUT2D eigenvalue weighted by molar-refractivity contribution is -0.304. The molecule has 25 heavy (non-hydrogen) atoms. The van der Waals surface area contributed by atoms with Crippen LogP contribution in [0, 0.1) is 13.8 Å². The Labute approximate surface area is 150 Å². The summed E-state index contributed by atoms with van der Waals surface area (Å²) in [5.74, 6) is -0.447. The third-order valence-electron chi connectivity index (χ3n) is 3.85. The van der Waals surface area contributed by atoms with Gasteiger partial charge in [0.05, 0.1) is 5.97 Å². The fraction of sp³-hybridized carbons (Fsp3) is 0.211. The summed E-state index contributed by atoms with van der Waals surface area (Å²) in [6.45, 7) is 5.63. The number of nitrogens with zero attached hydrogens (tertiary/aromatic N) is 3. The van der Waals surface area contributed by atoms with Crippen LogP contribution in [0.1, 0.15) is 18.1 Å². The normalized spacial score (nSPS) is 12.1. The van der Waals surface area contributed by atoms with Crippen molar-refractivity contribution in [1.82, 2.24) is 14.8 Å². The van der Waals surface area contributed by atoms with Gasteiger partial charge in [-0.25, -0.2) is 0 Å². The maximum atomic E-state index is 11.1. The number of hydrogen-bond acceptors (Lipinski definition) is 5. The van der Waals surface area contributed by atoms with E-state index >= 15 is 0 Å². The lowest BCUT2D eigenvalue weighted by atomic mass is 10.1. The summed E-state index contributed by atoms with van der Waals surface area (Å²) in [5.41, 5.74) is 4.11. The van der Waals surface area contributed by atoms with Crippen LogP contribution < -0.4 is 5.11 Å². The van der Waals surface area contributed by atoms with Gasteiger partial charge in [0.1, 0.15) is 0 Å². The van der Waals surface area contributed by atoms with Crippen molar-refractivity contribution in [2.24, 2.45) is 0 Å². The van der Waals surface area contributed by atoms with Crippen molar-refractivity contribution in [3.63, 3.8) is 0 Å². The van der Waals surface area contributed by atoms with Crippen LogP contribution >= 0.6 is 11.8 Å². The van der Waals surface area contributed by atoms with E-state index in [1.165, 1.54) is 0 Å². The quantitative estimate of drug-likeness (QED) is 0.660. The Morgan fingerprint density at radius 3 is 2.12 bits per heavy atom.